The van der Waals surface area contributed by atoms with Gasteiger partial charge in [-0.2, -0.15) is 18.3 Å². The Hall–Kier alpha value is -4.24. The number of nitrogens with one attached hydrogen (secondary N) is 2. The van der Waals surface area contributed by atoms with Gasteiger partial charge in [0.25, 0.3) is 15.9 Å². The minimum atomic E-state index is -5.04. The summed E-state index contributed by atoms with van der Waals surface area (Å²) >= 11 is 0. The quantitative estimate of drug-likeness (QED) is 0.273. The second-order valence-electron chi connectivity index (χ2n) is 9.12. The number of aromatic nitrogens is 3. The molecule has 2 aromatic carbocycles. The normalized spacial score (nSPS) is 17.8. The van der Waals surface area contributed by atoms with Gasteiger partial charge in [0.2, 0.25) is 5.88 Å². The smallest absolute Gasteiger partial charge is 0.421 e. The monoisotopic (exact) mass is 594 g/mol. The van der Waals surface area contributed by atoms with Crippen molar-refractivity contribution in [3.63, 3.8) is 0 Å². The number of halogens is 4. The van der Waals surface area contributed by atoms with E-state index in [9.17, 15) is 30.8 Å². The molecule has 0 radical (unpaired) electrons. The van der Waals surface area contributed by atoms with E-state index < -0.39 is 50.7 Å². The Kier molecular flexibility index (Phi) is 7.82. The number of ether oxygens (including phenoxy) is 3. The molecule has 0 bridgehead atoms. The first-order valence-corrected chi connectivity index (χ1v) is 13.7. The summed E-state index contributed by atoms with van der Waals surface area (Å²) in [6.07, 6.45) is -4.10. The highest BCUT2D eigenvalue weighted by molar-refractivity contribution is 7.90. The van der Waals surface area contributed by atoms with Crippen LogP contribution in [0.3, 0.4) is 0 Å². The molecule has 0 spiro atoms. The van der Waals surface area contributed by atoms with Crippen molar-refractivity contribution < 1.29 is 45.0 Å². The third-order valence-corrected chi connectivity index (χ3v) is 7.56. The van der Waals surface area contributed by atoms with Crippen LogP contribution in [0, 0.1) is 5.92 Å². The van der Waals surface area contributed by atoms with E-state index >= 15 is 0 Å². The number of para-hydroxylation sites is 1. The molecule has 1 aliphatic rings. The zero-order chi connectivity index (χ0) is 29.2. The Morgan fingerprint density at radius 1 is 1.12 bits per heavy atom. The minimum Gasteiger partial charge on any atom is -0.477 e. The SMILES string of the molecule is O=C(NS(=O)(=O)c1cnc(OCC2CCOC(F)C2)c(C(F)(F)F)c1)c1ccccc1Oc1cccc2[nH]ncc12. The summed E-state index contributed by atoms with van der Waals surface area (Å²) in [5.41, 5.74) is -0.997. The Morgan fingerprint density at radius 2 is 1.90 bits per heavy atom. The van der Waals surface area contributed by atoms with Crippen LogP contribution in [0.5, 0.6) is 17.4 Å². The maximum atomic E-state index is 13.8. The number of hydrogen-bond acceptors (Lipinski definition) is 8. The number of carbonyl (C=O) groups excluding carboxylic acids is 1. The first-order valence-electron chi connectivity index (χ1n) is 12.2. The number of fused-ring (bicyclic) bond motifs is 1. The third-order valence-electron chi connectivity index (χ3n) is 6.26. The highest BCUT2D eigenvalue weighted by atomic mass is 32.2. The molecule has 1 saturated heterocycles. The van der Waals surface area contributed by atoms with E-state index in [1.165, 1.54) is 24.4 Å². The van der Waals surface area contributed by atoms with Gasteiger partial charge in [0, 0.05) is 12.3 Å². The largest absolute Gasteiger partial charge is 0.477 e. The van der Waals surface area contributed by atoms with Gasteiger partial charge in [-0.25, -0.2) is 22.5 Å². The number of alkyl halides is 4. The number of amides is 1. The van der Waals surface area contributed by atoms with Gasteiger partial charge >= 0.3 is 6.18 Å². The molecule has 1 aliphatic heterocycles. The molecular formula is C26H22F4N4O6S. The van der Waals surface area contributed by atoms with Gasteiger partial charge in [-0.05, 0) is 36.8 Å². The second-order valence-corrected chi connectivity index (χ2v) is 10.8. The Bertz CT molecular complexity index is 1680. The lowest BCUT2D eigenvalue weighted by molar-refractivity contribution is -0.140. The number of pyridine rings is 1. The molecule has 216 valence electrons. The van der Waals surface area contributed by atoms with Crippen molar-refractivity contribution in [2.75, 3.05) is 13.2 Å². The molecule has 1 fully saturated rings. The Morgan fingerprint density at radius 3 is 2.68 bits per heavy atom. The van der Waals surface area contributed by atoms with Gasteiger partial charge in [-0.1, -0.05) is 18.2 Å². The summed E-state index contributed by atoms with van der Waals surface area (Å²) in [4.78, 5) is 15.7. The van der Waals surface area contributed by atoms with Gasteiger partial charge in [0.1, 0.15) is 22.0 Å². The number of rotatable bonds is 8. The van der Waals surface area contributed by atoms with Crippen molar-refractivity contribution in [2.45, 2.75) is 30.3 Å². The fourth-order valence-corrected chi connectivity index (χ4v) is 5.12. The summed E-state index contributed by atoms with van der Waals surface area (Å²) in [7, 11) is -4.82. The van der Waals surface area contributed by atoms with Gasteiger partial charge in [0.05, 0.1) is 42.1 Å². The van der Waals surface area contributed by atoms with Crippen LogP contribution in [0.4, 0.5) is 17.6 Å². The van der Waals surface area contributed by atoms with Crippen LogP contribution >= 0.6 is 0 Å². The molecule has 0 saturated carbocycles. The molecule has 5 rings (SSSR count). The lowest BCUT2D eigenvalue weighted by Gasteiger charge is -2.25. The summed E-state index contributed by atoms with van der Waals surface area (Å²) in [6.45, 7) is -0.176. The van der Waals surface area contributed by atoms with Crippen LogP contribution in [0.2, 0.25) is 0 Å². The van der Waals surface area contributed by atoms with E-state index in [0.717, 1.165) is 0 Å². The average Bonchev–Trinajstić information content (AvgIpc) is 3.41. The van der Waals surface area contributed by atoms with Gasteiger partial charge in [-0.3, -0.25) is 9.89 Å². The van der Waals surface area contributed by atoms with E-state index in [4.69, 9.17) is 14.2 Å². The minimum absolute atomic E-state index is 0.00427. The average molecular weight is 595 g/mol. The topological polar surface area (TPSA) is 132 Å². The lowest BCUT2D eigenvalue weighted by Crippen LogP contribution is -2.31. The van der Waals surface area contributed by atoms with Crippen LogP contribution in [0.1, 0.15) is 28.8 Å². The van der Waals surface area contributed by atoms with Gasteiger partial charge < -0.3 is 14.2 Å². The summed E-state index contributed by atoms with van der Waals surface area (Å²) in [5.74, 6) is -2.09. The number of benzene rings is 2. The van der Waals surface area contributed by atoms with Gasteiger partial charge in [0.15, 0.2) is 6.36 Å². The fourth-order valence-electron chi connectivity index (χ4n) is 4.18. The van der Waals surface area contributed by atoms with E-state index in [-0.39, 0.29) is 30.9 Å². The van der Waals surface area contributed by atoms with Gasteiger partial charge in [-0.15, -0.1) is 0 Å². The fraction of sp³-hybridized carbons (Fsp3) is 0.269. The van der Waals surface area contributed by atoms with E-state index in [1.807, 2.05) is 0 Å². The summed E-state index contributed by atoms with van der Waals surface area (Å²) < 4.78 is 98.4. The summed E-state index contributed by atoms with van der Waals surface area (Å²) in [5, 5.41) is 7.31. The van der Waals surface area contributed by atoms with E-state index in [1.54, 1.807) is 29.0 Å². The Balaban J connectivity index is 1.36. The van der Waals surface area contributed by atoms with Crippen molar-refractivity contribution in [1.29, 1.82) is 0 Å². The van der Waals surface area contributed by atoms with Crippen LogP contribution in [-0.4, -0.2) is 49.1 Å². The molecule has 2 N–H and O–H groups in total. The predicted octanol–water partition coefficient (Wildman–Crippen LogP) is 4.99. The van der Waals surface area contributed by atoms with Crippen LogP contribution < -0.4 is 14.2 Å². The molecule has 0 aliphatic carbocycles. The van der Waals surface area contributed by atoms with Crippen molar-refractivity contribution >= 4 is 26.8 Å². The van der Waals surface area contributed by atoms with Crippen molar-refractivity contribution in [1.82, 2.24) is 19.9 Å². The molecule has 2 atom stereocenters. The molecule has 3 heterocycles. The van der Waals surface area contributed by atoms with Crippen LogP contribution in [-0.2, 0) is 20.9 Å². The highest BCUT2D eigenvalue weighted by Crippen LogP contribution is 2.37. The maximum absolute atomic E-state index is 13.8. The number of carbonyl (C=O) groups is 1. The van der Waals surface area contributed by atoms with E-state index in [0.29, 0.717) is 35.3 Å². The van der Waals surface area contributed by atoms with Crippen LogP contribution in [0.25, 0.3) is 10.9 Å². The zero-order valence-corrected chi connectivity index (χ0v) is 21.8. The van der Waals surface area contributed by atoms with Crippen LogP contribution in [0.15, 0.2) is 65.8 Å². The number of nitrogens with zero attached hydrogens (tertiary/aromatic N) is 2. The zero-order valence-electron chi connectivity index (χ0n) is 21.0. The number of hydrogen-bond donors (Lipinski definition) is 2. The van der Waals surface area contributed by atoms with Crippen molar-refractivity contribution in [2.24, 2.45) is 5.92 Å². The molecule has 41 heavy (non-hydrogen) atoms. The van der Waals surface area contributed by atoms with E-state index in [2.05, 4.69) is 15.2 Å². The Labute approximate surface area is 230 Å². The first kappa shape index (κ1) is 28.3. The second kappa shape index (κ2) is 11.3. The summed E-state index contributed by atoms with van der Waals surface area (Å²) in [6, 6.07) is 11.1. The highest BCUT2D eigenvalue weighted by Gasteiger charge is 2.38. The molecule has 1 amide bonds. The molecule has 10 nitrogen and oxygen atoms in total. The number of sulfonamides is 1. The molecule has 4 aromatic rings. The number of H-pyrrole nitrogens is 1. The standard InChI is InChI=1S/C26H22F4N4O6S/c27-23-10-15(8-9-38-23)14-39-25-19(26(28,29)30)11-16(12-31-25)41(36,37)34-24(35)17-4-1-2-6-21(17)40-22-7-3-5-20-18(22)13-32-33-20/h1-7,11-13,15,23H,8-10,14H2,(H,32,33)(H,34,35). The third kappa shape index (κ3) is 6.41. The van der Waals surface area contributed by atoms with Crippen molar-refractivity contribution in [3.05, 3.63) is 72.1 Å². The molecular weight excluding hydrogens is 572 g/mol. The predicted molar refractivity (Wildman–Crippen MR) is 136 cm³/mol. The lowest BCUT2D eigenvalue weighted by atomic mass is 10.0. The first-order chi connectivity index (χ1) is 19.5. The van der Waals surface area contributed by atoms with Crippen molar-refractivity contribution in [3.8, 4) is 17.4 Å². The maximum Gasteiger partial charge on any atom is 0.421 e. The molecule has 2 unspecified atom stereocenters. The number of aromatic amines is 1. The molecule has 15 heteroatoms. The molecule has 2 aromatic heterocycles.